The van der Waals surface area contributed by atoms with E-state index < -0.39 is 11.7 Å². The van der Waals surface area contributed by atoms with Crippen molar-refractivity contribution in [3.05, 3.63) is 40.4 Å². The van der Waals surface area contributed by atoms with Crippen LogP contribution in [0.25, 0.3) is 6.08 Å². The van der Waals surface area contributed by atoms with Crippen LogP contribution in [0.15, 0.2) is 24.3 Å². The topological polar surface area (TPSA) is 40.6 Å². The Balaban J connectivity index is 1.56. The summed E-state index contributed by atoms with van der Waals surface area (Å²) >= 11 is 5.60. The van der Waals surface area contributed by atoms with E-state index in [-0.39, 0.29) is 28.3 Å². The molecule has 0 atom stereocenters. The first-order valence-electron chi connectivity index (χ1n) is 9.38. The van der Waals surface area contributed by atoms with Gasteiger partial charge in [-0.1, -0.05) is 17.7 Å². The maximum atomic E-state index is 12.9. The third-order valence-corrected chi connectivity index (χ3v) is 5.62. The Morgan fingerprint density at radius 3 is 2.29 bits per heavy atom. The molecule has 2 saturated heterocycles. The fourth-order valence-corrected chi connectivity index (χ4v) is 3.90. The van der Waals surface area contributed by atoms with Crippen LogP contribution >= 0.6 is 11.6 Å². The van der Waals surface area contributed by atoms with Crippen LogP contribution in [0, 0.1) is 5.92 Å². The number of hydrogen-bond acceptors (Lipinski definition) is 2. The summed E-state index contributed by atoms with van der Waals surface area (Å²) < 4.78 is 38.8. The van der Waals surface area contributed by atoms with Crippen LogP contribution in [0.5, 0.6) is 0 Å². The molecule has 1 aromatic carbocycles. The van der Waals surface area contributed by atoms with Crippen molar-refractivity contribution in [1.29, 1.82) is 0 Å². The Morgan fingerprint density at radius 1 is 1.04 bits per heavy atom. The Kier molecular flexibility index (Phi) is 6.33. The lowest BCUT2D eigenvalue weighted by molar-refractivity contribution is -0.138. The lowest BCUT2D eigenvalue weighted by Gasteiger charge is -2.32. The molecule has 0 aromatic heterocycles. The van der Waals surface area contributed by atoms with Crippen LogP contribution in [-0.4, -0.2) is 47.8 Å². The van der Waals surface area contributed by atoms with Crippen molar-refractivity contribution in [2.45, 2.75) is 31.9 Å². The monoisotopic (exact) mass is 414 g/mol. The largest absolute Gasteiger partial charge is 0.417 e. The summed E-state index contributed by atoms with van der Waals surface area (Å²) in [5.41, 5.74) is -0.672. The number of alkyl halides is 3. The molecule has 2 amide bonds. The van der Waals surface area contributed by atoms with Gasteiger partial charge in [-0.05, 0) is 49.5 Å². The molecule has 0 unspecified atom stereocenters. The third-order valence-electron chi connectivity index (χ3n) is 5.29. The Labute approximate surface area is 166 Å². The van der Waals surface area contributed by atoms with Gasteiger partial charge in [0.2, 0.25) is 11.8 Å². The Hall–Kier alpha value is -2.02. The van der Waals surface area contributed by atoms with Gasteiger partial charge in [-0.2, -0.15) is 13.2 Å². The smallest absolute Gasteiger partial charge is 0.342 e. The molecule has 8 heteroatoms. The van der Waals surface area contributed by atoms with E-state index in [2.05, 4.69) is 0 Å². The minimum absolute atomic E-state index is 0.0447. The summed E-state index contributed by atoms with van der Waals surface area (Å²) in [6.07, 6.45) is 1.42. The molecule has 2 aliphatic rings. The number of carbonyl (C=O) groups excluding carboxylic acids is 2. The SMILES string of the molecule is O=C(/C=C/c1ccc(Cl)c(C(F)(F)F)c1)N1CCC(C(=O)N2CCCC2)CC1. The van der Waals surface area contributed by atoms with Gasteiger partial charge in [0.25, 0.3) is 0 Å². The van der Waals surface area contributed by atoms with Gasteiger partial charge in [-0.25, -0.2) is 0 Å². The first kappa shape index (κ1) is 20.7. The van der Waals surface area contributed by atoms with Crippen molar-refractivity contribution in [3.63, 3.8) is 0 Å². The van der Waals surface area contributed by atoms with Gasteiger partial charge in [-0.3, -0.25) is 9.59 Å². The fourth-order valence-electron chi connectivity index (χ4n) is 3.68. The van der Waals surface area contributed by atoms with Crippen molar-refractivity contribution in [2.75, 3.05) is 26.2 Å². The fraction of sp³-hybridized carbons (Fsp3) is 0.500. The number of benzene rings is 1. The summed E-state index contributed by atoms with van der Waals surface area (Å²) in [7, 11) is 0. The molecule has 1 aromatic rings. The lowest BCUT2D eigenvalue weighted by atomic mass is 9.95. The van der Waals surface area contributed by atoms with E-state index in [0.29, 0.717) is 25.9 Å². The maximum absolute atomic E-state index is 12.9. The highest BCUT2D eigenvalue weighted by Gasteiger charge is 2.33. The normalized spacial score (nSPS) is 18.9. The highest BCUT2D eigenvalue weighted by Crippen LogP contribution is 2.35. The molecule has 0 aliphatic carbocycles. The molecule has 0 N–H and O–H groups in total. The van der Waals surface area contributed by atoms with Crippen LogP contribution in [0.4, 0.5) is 13.2 Å². The summed E-state index contributed by atoms with van der Waals surface area (Å²) in [5.74, 6) is -0.131. The van der Waals surface area contributed by atoms with E-state index >= 15 is 0 Å². The first-order valence-corrected chi connectivity index (χ1v) is 9.76. The summed E-state index contributed by atoms with van der Waals surface area (Å²) in [4.78, 5) is 28.3. The second-order valence-electron chi connectivity index (χ2n) is 7.20. The van der Waals surface area contributed by atoms with Crippen molar-refractivity contribution < 1.29 is 22.8 Å². The first-order chi connectivity index (χ1) is 13.3. The van der Waals surface area contributed by atoms with Gasteiger partial charge in [-0.15, -0.1) is 0 Å². The summed E-state index contributed by atoms with van der Waals surface area (Å²) in [6, 6.07) is 3.53. The highest BCUT2D eigenvalue weighted by atomic mass is 35.5. The standard InChI is InChI=1S/C20H22ClF3N2O2/c21-17-5-3-14(13-16(17)20(22,23)24)4-6-18(27)25-11-7-15(8-12-25)19(28)26-9-1-2-10-26/h3-6,13,15H,1-2,7-12H2/b6-4+. The van der Waals surface area contributed by atoms with Crippen molar-refractivity contribution >= 4 is 29.5 Å². The lowest BCUT2D eigenvalue weighted by Crippen LogP contribution is -2.43. The van der Waals surface area contributed by atoms with E-state index in [0.717, 1.165) is 32.0 Å². The predicted molar refractivity (Wildman–Crippen MR) is 101 cm³/mol. The number of carbonyl (C=O) groups is 2. The van der Waals surface area contributed by atoms with Crippen LogP contribution in [-0.2, 0) is 15.8 Å². The number of halogens is 4. The molecule has 2 heterocycles. The second kappa shape index (κ2) is 8.55. The number of likely N-dealkylation sites (tertiary alicyclic amines) is 2. The highest BCUT2D eigenvalue weighted by molar-refractivity contribution is 6.31. The van der Waals surface area contributed by atoms with E-state index in [9.17, 15) is 22.8 Å². The average Bonchev–Trinajstić information content (AvgIpc) is 3.20. The molecule has 0 spiro atoms. The Bertz CT molecular complexity index is 765. The number of amides is 2. The Morgan fingerprint density at radius 2 is 1.68 bits per heavy atom. The zero-order chi connectivity index (χ0) is 20.3. The molecular formula is C20H22ClF3N2O2. The van der Waals surface area contributed by atoms with Crippen LogP contribution in [0.2, 0.25) is 5.02 Å². The molecule has 2 aliphatic heterocycles. The van der Waals surface area contributed by atoms with Crippen LogP contribution < -0.4 is 0 Å². The minimum Gasteiger partial charge on any atom is -0.342 e. The molecule has 2 fully saturated rings. The molecule has 0 saturated carbocycles. The van der Waals surface area contributed by atoms with Crippen LogP contribution in [0.1, 0.15) is 36.8 Å². The number of nitrogens with zero attached hydrogens (tertiary/aromatic N) is 2. The minimum atomic E-state index is -4.55. The predicted octanol–water partition coefficient (Wildman–Crippen LogP) is 4.23. The average molecular weight is 415 g/mol. The van der Waals surface area contributed by atoms with Crippen LogP contribution in [0.3, 0.4) is 0 Å². The molecule has 4 nitrogen and oxygen atoms in total. The summed E-state index contributed by atoms with van der Waals surface area (Å²) in [6.45, 7) is 2.59. The van der Waals surface area contributed by atoms with Crippen molar-refractivity contribution in [3.8, 4) is 0 Å². The van der Waals surface area contributed by atoms with Gasteiger partial charge in [0, 0.05) is 38.2 Å². The quantitative estimate of drug-likeness (QED) is 0.694. The summed E-state index contributed by atoms with van der Waals surface area (Å²) in [5, 5.41) is -0.374. The van der Waals surface area contributed by atoms with Gasteiger partial charge in [0.1, 0.15) is 0 Å². The molecule has 152 valence electrons. The molecule has 0 bridgehead atoms. The molecular weight excluding hydrogens is 393 g/mol. The van der Waals surface area contributed by atoms with Gasteiger partial charge < -0.3 is 9.80 Å². The van der Waals surface area contributed by atoms with E-state index in [1.54, 1.807) is 4.90 Å². The number of piperidine rings is 1. The maximum Gasteiger partial charge on any atom is 0.417 e. The van der Waals surface area contributed by atoms with Gasteiger partial charge >= 0.3 is 6.18 Å². The third kappa shape index (κ3) is 4.87. The van der Waals surface area contributed by atoms with Crippen molar-refractivity contribution in [2.24, 2.45) is 5.92 Å². The molecule has 0 radical (unpaired) electrons. The van der Waals surface area contributed by atoms with E-state index in [4.69, 9.17) is 11.6 Å². The second-order valence-corrected chi connectivity index (χ2v) is 7.61. The number of hydrogen-bond donors (Lipinski definition) is 0. The molecule has 28 heavy (non-hydrogen) atoms. The van der Waals surface area contributed by atoms with E-state index in [1.807, 2.05) is 4.90 Å². The zero-order valence-electron chi connectivity index (χ0n) is 15.3. The molecule has 3 rings (SSSR count). The number of rotatable bonds is 3. The van der Waals surface area contributed by atoms with Gasteiger partial charge in [0.05, 0.1) is 10.6 Å². The van der Waals surface area contributed by atoms with Gasteiger partial charge in [0.15, 0.2) is 0 Å². The zero-order valence-corrected chi connectivity index (χ0v) is 16.1. The van der Waals surface area contributed by atoms with E-state index in [1.165, 1.54) is 24.3 Å². The van der Waals surface area contributed by atoms with Crippen molar-refractivity contribution in [1.82, 2.24) is 9.80 Å².